The van der Waals surface area contributed by atoms with E-state index in [9.17, 15) is 0 Å². The summed E-state index contributed by atoms with van der Waals surface area (Å²) in [5.74, 6) is 1.67. The molecule has 4 nitrogen and oxygen atoms in total. The van der Waals surface area contributed by atoms with E-state index in [4.69, 9.17) is 10.2 Å². The fourth-order valence-electron chi connectivity index (χ4n) is 0.857. The van der Waals surface area contributed by atoms with E-state index < -0.39 is 0 Å². The molecule has 1 rings (SSSR count). The van der Waals surface area contributed by atoms with Crippen molar-refractivity contribution in [1.29, 1.82) is 0 Å². The molecule has 12 heavy (non-hydrogen) atoms. The molecule has 0 bridgehead atoms. The van der Waals surface area contributed by atoms with E-state index in [1.165, 1.54) is 0 Å². The van der Waals surface area contributed by atoms with Crippen LogP contribution in [0.15, 0.2) is 4.42 Å². The second-order valence-electron chi connectivity index (χ2n) is 3.33. The Labute approximate surface area is 72.2 Å². The van der Waals surface area contributed by atoms with Gasteiger partial charge in [0, 0.05) is 19.4 Å². The van der Waals surface area contributed by atoms with E-state index in [1.807, 2.05) is 0 Å². The summed E-state index contributed by atoms with van der Waals surface area (Å²) < 4.78 is 5.20. The van der Waals surface area contributed by atoms with Crippen molar-refractivity contribution in [3.8, 4) is 0 Å². The zero-order chi connectivity index (χ0) is 9.14. The minimum Gasteiger partial charge on any atom is -0.426 e. The molecule has 0 saturated carbocycles. The molecule has 2 N–H and O–H groups in total. The molecule has 1 heterocycles. The van der Waals surface area contributed by atoms with Crippen LogP contribution in [0.2, 0.25) is 0 Å². The number of aromatic nitrogens is 2. The first kappa shape index (κ1) is 9.19. The lowest BCUT2D eigenvalue weighted by atomic mass is 10.0. The Bertz CT molecular complexity index is 244. The Kier molecular flexibility index (Phi) is 2.81. The second kappa shape index (κ2) is 3.67. The lowest BCUT2D eigenvalue weighted by Crippen LogP contribution is -2.28. The molecule has 0 aliphatic heterocycles. The first-order chi connectivity index (χ1) is 5.59. The summed E-state index contributed by atoms with van der Waals surface area (Å²) in [5, 5.41) is 7.60. The Morgan fingerprint density at radius 3 is 2.50 bits per heavy atom. The van der Waals surface area contributed by atoms with Crippen LogP contribution in [0.4, 0.5) is 0 Å². The van der Waals surface area contributed by atoms with Gasteiger partial charge in [0.1, 0.15) is 0 Å². The maximum Gasteiger partial charge on any atom is 0.218 e. The number of aryl methyl sites for hydroxylation is 1. The normalized spacial score (nSPS) is 13.8. The van der Waals surface area contributed by atoms with Gasteiger partial charge in [0.05, 0.1) is 0 Å². The van der Waals surface area contributed by atoms with E-state index in [-0.39, 0.29) is 6.04 Å². The molecule has 68 valence electrons. The fourth-order valence-corrected chi connectivity index (χ4v) is 0.857. The van der Waals surface area contributed by atoms with Crippen LogP contribution in [0, 0.1) is 12.8 Å². The Balaban J connectivity index is 2.52. The van der Waals surface area contributed by atoms with Crippen LogP contribution in [0.3, 0.4) is 0 Å². The zero-order valence-corrected chi connectivity index (χ0v) is 7.74. The van der Waals surface area contributed by atoms with E-state index in [2.05, 4.69) is 24.0 Å². The Morgan fingerprint density at radius 2 is 2.08 bits per heavy atom. The Morgan fingerprint density at radius 1 is 1.42 bits per heavy atom. The van der Waals surface area contributed by atoms with Gasteiger partial charge in [0.25, 0.3) is 0 Å². The molecule has 0 saturated heterocycles. The van der Waals surface area contributed by atoms with Crippen LogP contribution in [-0.4, -0.2) is 16.2 Å². The van der Waals surface area contributed by atoms with Gasteiger partial charge in [-0.3, -0.25) is 0 Å². The van der Waals surface area contributed by atoms with Crippen molar-refractivity contribution in [3.63, 3.8) is 0 Å². The molecule has 1 aromatic heterocycles. The van der Waals surface area contributed by atoms with Crippen molar-refractivity contribution in [2.24, 2.45) is 11.7 Å². The van der Waals surface area contributed by atoms with E-state index in [0.717, 1.165) is 0 Å². The summed E-state index contributed by atoms with van der Waals surface area (Å²) >= 11 is 0. The van der Waals surface area contributed by atoms with Crippen molar-refractivity contribution < 1.29 is 4.42 Å². The Hall–Kier alpha value is -0.900. The molecule has 0 fully saturated rings. The summed E-state index contributed by atoms with van der Waals surface area (Å²) in [6.45, 7) is 5.93. The summed E-state index contributed by atoms with van der Waals surface area (Å²) in [6.07, 6.45) is 0.665. The molecule has 0 aliphatic rings. The lowest BCUT2D eigenvalue weighted by molar-refractivity contribution is 0.410. The third kappa shape index (κ3) is 2.30. The number of hydrogen-bond donors (Lipinski definition) is 1. The number of hydrogen-bond acceptors (Lipinski definition) is 4. The highest BCUT2D eigenvalue weighted by atomic mass is 16.4. The quantitative estimate of drug-likeness (QED) is 0.730. The van der Waals surface area contributed by atoms with Gasteiger partial charge in [0.15, 0.2) is 0 Å². The highest BCUT2D eigenvalue weighted by Gasteiger charge is 2.12. The largest absolute Gasteiger partial charge is 0.426 e. The van der Waals surface area contributed by atoms with Crippen LogP contribution in [0.5, 0.6) is 0 Å². The summed E-state index contributed by atoms with van der Waals surface area (Å²) in [5.41, 5.74) is 5.83. The molecule has 0 radical (unpaired) electrons. The molecular formula is C8H15N3O. The molecule has 1 unspecified atom stereocenters. The molecular weight excluding hydrogens is 154 g/mol. The predicted octanol–water partition coefficient (Wildman–Crippen LogP) is 0.904. The molecule has 0 aromatic carbocycles. The highest BCUT2D eigenvalue weighted by Crippen LogP contribution is 2.06. The lowest BCUT2D eigenvalue weighted by Gasteiger charge is -2.12. The first-order valence-corrected chi connectivity index (χ1v) is 4.14. The van der Waals surface area contributed by atoms with Gasteiger partial charge in [-0.2, -0.15) is 0 Å². The standard InChI is InChI=1S/C8H15N3O/c1-5(2)7(9)4-8-11-10-6(3)12-8/h5,7H,4,9H2,1-3H3. The van der Waals surface area contributed by atoms with Crippen molar-refractivity contribution >= 4 is 0 Å². The van der Waals surface area contributed by atoms with Gasteiger partial charge in [-0.1, -0.05) is 13.8 Å². The van der Waals surface area contributed by atoms with Gasteiger partial charge in [-0.05, 0) is 5.92 Å². The van der Waals surface area contributed by atoms with E-state index in [0.29, 0.717) is 24.1 Å². The molecule has 0 spiro atoms. The minimum absolute atomic E-state index is 0.102. The minimum atomic E-state index is 0.102. The average molecular weight is 169 g/mol. The maximum atomic E-state index is 5.83. The smallest absolute Gasteiger partial charge is 0.218 e. The zero-order valence-electron chi connectivity index (χ0n) is 7.74. The average Bonchev–Trinajstić information content (AvgIpc) is 2.35. The third-order valence-electron chi connectivity index (χ3n) is 1.83. The second-order valence-corrected chi connectivity index (χ2v) is 3.33. The predicted molar refractivity (Wildman–Crippen MR) is 45.6 cm³/mol. The highest BCUT2D eigenvalue weighted by molar-refractivity contribution is 4.84. The third-order valence-corrected chi connectivity index (χ3v) is 1.83. The van der Waals surface area contributed by atoms with Gasteiger partial charge >= 0.3 is 0 Å². The van der Waals surface area contributed by atoms with Crippen LogP contribution in [0.25, 0.3) is 0 Å². The van der Waals surface area contributed by atoms with Crippen LogP contribution in [-0.2, 0) is 6.42 Å². The van der Waals surface area contributed by atoms with Crippen molar-refractivity contribution in [1.82, 2.24) is 10.2 Å². The monoisotopic (exact) mass is 169 g/mol. The molecule has 0 aliphatic carbocycles. The number of nitrogens with zero attached hydrogens (tertiary/aromatic N) is 2. The van der Waals surface area contributed by atoms with Crippen LogP contribution < -0.4 is 5.73 Å². The van der Waals surface area contributed by atoms with Crippen LogP contribution in [0.1, 0.15) is 25.6 Å². The molecule has 0 amide bonds. The van der Waals surface area contributed by atoms with E-state index >= 15 is 0 Å². The summed E-state index contributed by atoms with van der Waals surface area (Å²) in [6, 6.07) is 0.102. The molecule has 1 aromatic rings. The molecule has 1 atom stereocenters. The SMILES string of the molecule is Cc1nnc(CC(N)C(C)C)o1. The van der Waals surface area contributed by atoms with Crippen molar-refractivity contribution in [3.05, 3.63) is 11.8 Å². The van der Waals surface area contributed by atoms with Gasteiger partial charge in [0.2, 0.25) is 11.8 Å². The number of nitrogens with two attached hydrogens (primary N) is 1. The maximum absolute atomic E-state index is 5.83. The van der Waals surface area contributed by atoms with Crippen molar-refractivity contribution in [2.45, 2.75) is 33.2 Å². The van der Waals surface area contributed by atoms with E-state index in [1.54, 1.807) is 6.92 Å². The van der Waals surface area contributed by atoms with Gasteiger partial charge in [-0.25, -0.2) is 0 Å². The first-order valence-electron chi connectivity index (χ1n) is 4.14. The topological polar surface area (TPSA) is 64.9 Å². The number of rotatable bonds is 3. The molecule has 4 heteroatoms. The van der Waals surface area contributed by atoms with Gasteiger partial charge in [-0.15, -0.1) is 10.2 Å². The summed E-state index contributed by atoms with van der Waals surface area (Å²) in [7, 11) is 0. The van der Waals surface area contributed by atoms with Gasteiger partial charge < -0.3 is 10.2 Å². The van der Waals surface area contributed by atoms with Crippen LogP contribution >= 0.6 is 0 Å². The van der Waals surface area contributed by atoms with Crippen molar-refractivity contribution in [2.75, 3.05) is 0 Å². The fraction of sp³-hybridized carbons (Fsp3) is 0.750. The summed E-state index contributed by atoms with van der Waals surface area (Å²) in [4.78, 5) is 0.